The number of benzene rings is 2. The highest BCUT2D eigenvalue weighted by atomic mass is 16.5. The Morgan fingerprint density at radius 3 is 2.19 bits per heavy atom. The zero-order valence-electron chi connectivity index (χ0n) is 15.0. The maximum atomic E-state index is 11.9. The molecule has 136 valence electrons. The fourth-order valence-electron chi connectivity index (χ4n) is 3.61. The number of carbonyl (C=O) groups excluding carboxylic acids is 1. The number of nitrogens with two attached hydrogens (primary N) is 1. The minimum atomic E-state index is -0.891. The van der Waals surface area contributed by atoms with Crippen molar-refractivity contribution < 1.29 is 19.4 Å². The molecule has 1 fully saturated rings. The molecule has 2 aromatic rings. The highest BCUT2D eigenvalue weighted by molar-refractivity contribution is 5.96. The van der Waals surface area contributed by atoms with E-state index in [-0.39, 0.29) is 0 Å². The number of carbonyl (C=O) groups is 2. The molecule has 1 aliphatic rings. The summed E-state index contributed by atoms with van der Waals surface area (Å²) in [5.41, 5.74) is 9.58. The first-order valence-corrected chi connectivity index (χ1v) is 8.68. The van der Waals surface area contributed by atoms with Crippen molar-refractivity contribution in [3.8, 4) is 11.1 Å². The summed E-state index contributed by atoms with van der Waals surface area (Å²) in [6.45, 7) is 4.73. The first kappa shape index (κ1) is 18.1. The molecule has 0 radical (unpaired) electrons. The monoisotopic (exact) mass is 353 g/mol. The number of carboxylic acids is 1. The predicted octanol–water partition coefficient (Wildman–Crippen LogP) is 3.20. The van der Waals surface area contributed by atoms with E-state index in [0.717, 1.165) is 27.8 Å². The predicted molar refractivity (Wildman–Crippen MR) is 99.2 cm³/mol. The Bertz CT molecular complexity index is 849. The maximum absolute atomic E-state index is 11.9. The third kappa shape index (κ3) is 3.10. The second kappa shape index (κ2) is 6.92. The van der Waals surface area contributed by atoms with E-state index in [9.17, 15) is 14.7 Å². The van der Waals surface area contributed by atoms with Crippen LogP contribution in [0.15, 0.2) is 36.4 Å². The SMILES string of the molecule is Cc1cc(-c2ccc(C3(C(=O)O)CCOCC3)cc2)cc(C(N)=O)c1C. The molecular weight excluding hydrogens is 330 g/mol. The van der Waals surface area contributed by atoms with Crippen LogP contribution in [0, 0.1) is 13.8 Å². The Kier molecular flexibility index (Phi) is 4.83. The summed E-state index contributed by atoms with van der Waals surface area (Å²) >= 11 is 0. The van der Waals surface area contributed by atoms with Gasteiger partial charge in [-0.1, -0.05) is 30.3 Å². The second-order valence-electron chi connectivity index (χ2n) is 6.91. The van der Waals surface area contributed by atoms with Crippen molar-refractivity contribution in [2.75, 3.05) is 13.2 Å². The summed E-state index contributed by atoms with van der Waals surface area (Å²) in [6.07, 6.45) is 0.939. The van der Waals surface area contributed by atoms with E-state index in [1.54, 1.807) is 6.07 Å². The van der Waals surface area contributed by atoms with Crippen LogP contribution in [0.3, 0.4) is 0 Å². The number of primary amides is 1. The Labute approximate surface area is 152 Å². The highest BCUT2D eigenvalue weighted by Gasteiger charge is 2.41. The molecule has 1 heterocycles. The Hall–Kier alpha value is -2.66. The van der Waals surface area contributed by atoms with Crippen molar-refractivity contribution in [3.05, 3.63) is 58.7 Å². The van der Waals surface area contributed by atoms with Crippen LogP contribution in [0.5, 0.6) is 0 Å². The largest absolute Gasteiger partial charge is 0.481 e. The molecule has 0 unspecified atom stereocenters. The average Bonchev–Trinajstić information content (AvgIpc) is 2.64. The van der Waals surface area contributed by atoms with E-state index in [1.807, 2.05) is 44.2 Å². The fraction of sp³-hybridized carbons (Fsp3) is 0.333. The Balaban J connectivity index is 2.00. The molecule has 0 bridgehead atoms. The van der Waals surface area contributed by atoms with Crippen molar-refractivity contribution in [2.24, 2.45) is 5.73 Å². The van der Waals surface area contributed by atoms with Crippen molar-refractivity contribution in [3.63, 3.8) is 0 Å². The highest BCUT2D eigenvalue weighted by Crippen LogP contribution is 2.36. The van der Waals surface area contributed by atoms with Crippen LogP contribution in [0.1, 0.15) is 39.9 Å². The van der Waals surface area contributed by atoms with Gasteiger partial charge in [-0.2, -0.15) is 0 Å². The van der Waals surface area contributed by atoms with Crippen molar-refractivity contribution in [1.82, 2.24) is 0 Å². The van der Waals surface area contributed by atoms with Gasteiger partial charge in [0.05, 0.1) is 5.41 Å². The smallest absolute Gasteiger partial charge is 0.314 e. The van der Waals surface area contributed by atoms with Gasteiger partial charge in [-0.3, -0.25) is 9.59 Å². The summed E-state index contributed by atoms with van der Waals surface area (Å²) in [7, 11) is 0. The molecule has 1 saturated heterocycles. The molecule has 5 nitrogen and oxygen atoms in total. The molecule has 5 heteroatoms. The molecule has 26 heavy (non-hydrogen) atoms. The number of hydrogen-bond donors (Lipinski definition) is 2. The summed E-state index contributed by atoms with van der Waals surface area (Å²) in [5, 5.41) is 9.79. The maximum Gasteiger partial charge on any atom is 0.314 e. The van der Waals surface area contributed by atoms with Crippen molar-refractivity contribution in [1.29, 1.82) is 0 Å². The first-order valence-electron chi connectivity index (χ1n) is 8.68. The van der Waals surface area contributed by atoms with E-state index in [1.165, 1.54) is 0 Å². The van der Waals surface area contributed by atoms with Gasteiger partial charge in [-0.05, 0) is 60.6 Å². The lowest BCUT2D eigenvalue weighted by molar-refractivity contribution is -0.147. The summed E-state index contributed by atoms with van der Waals surface area (Å²) in [5.74, 6) is -1.26. The van der Waals surface area contributed by atoms with Gasteiger partial charge in [0.1, 0.15) is 0 Å². The molecule has 3 N–H and O–H groups in total. The number of rotatable bonds is 4. The topological polar surface area (TPSA) is 89.6 Å². The summed E-state index contributed by atoms with van der Waals surface area (Å²) in [6, 6.07) is 11.4. The van der Waals surface area contributed by atoms with Gasteiger partial charge in [0.25, 0.3) is 0 Å². The van der Waals surface area contributed by atoms with E-state index in [4.69, 9.17) is 10.5 Å². The van der Waals surface area contributed by atoms with Crippen molar-refractivity contribution >= 4 is 11.9 Å². The van der Waals surface area contributed by atoms with Gasteiger partial charge < -0.3 is 15.6 Å². The fourth-order valence-corrected chi connectivity index (χ4v) is 3.61. The van der Waals surface area contributed by atoms with Gasteiger partial charge >= 0.3 is 5.97 Å². The Morgan fingerprint density at radius 1 is 1.04 bits per heavy atom. The van der Waals surface area contributed by atoms with E-state index >= 15 is 0 Å². The number of carboxylic acid groups (broad SMARTS) is 1. The molecule has 1 amide bonds. The normalized spacial score (nSPS) is 16.2. The molecular formula is C21H23NO4. The molecule has 0 saturated carbocycles. The van der Waals surface area contributed by atoms with Gasteiger partial charge in [0, 0.05) is 18.8 Å². The first-order chi connectivity index (χ1) is 12.3. The van der Waals surface area contributed by atoms with Gasteiger partial charge in [-0.25, -0.2) is 0 Å². The van der Waals surface area contributed by atoms with Crippen LogP contribution in [0.25, 0.3) is 11.1 Å². The van der Waals surface area contributed by atoms with E-state index in [2.05, 4.69) is 0 Å². The van der Waals surface area contributed by atoms with Crippen LogP contribution in [0.2, 0.25) is 0 Å². The van der Waals surface area contributed by atoms with Crippen LogP contribution in [-0.2, 0) is 14.9 Å². The number of ether oxygens (including phenoxy) is 1. The molecule has 0 atom stereocenters. The summed E-state index contributed by atoms with van der Waals surface area (Å²) < 4.78 is 5.34. The lowest BCUT2D eigenvalue weighted by Crippen LogP contribution is -2.41. The number of hydrogen-bond acceptors (Lipinski definition) is 3. The lowest BCUT2D eigenvalue weighted by atomic mass is 9.74. The summed E-state index contributed by atoms with van der Waals surface area (Å²) in [4.78, 5) is 23.6. The quantitative estimate of drug-likeness (QED) is 0.883. The number of aryl methyl sites for hydroxylation is 1. The number of aliphatic carboxylic acids is 1. The molecule has 0 aromatic heterocycles. The molecule has 0 spiro atoms. The minimum Gasteiger partial charge on any atom is -0.481 e. The third-order valence-corrected chi connectivity index (χ3v) is 5.46. The molecule has 3 rings (SSSR count). The average molecular weight is 353 g/mol. The molecule has 0 aliphatic carbocycles. The number of amides is 1. The van der Waals surface area contributed by atoms with Crippen molar-refractivity contribution in [2.45, 2.75) is 32.1 Å². The second-order valence-corrected chi connectivity index (χ2v) is 6.91. The standard InChI is InChI=1S/C21H23NO4/c1-13-11-16(12-18(14(13)2)19(22)23)15-3-5-17(6-4-15)21(20(24)25)7-9-26-10-8-21/h3-6,11-12H,7-10H2,1-2H3,(H2,22,23)(H,24,25). The Morgan fingerprint density at radius 2 is 1.65 bits per heavy atom. The van der Waals surface area contributed by atoms with Crippen LogP contribution >= 0.6 is 0 Å². The van der Waals surface area contributed by atoms with Gasteiger partial charge in [0.15, 0.2) is 0 Å². The van der Waals surface area contributed by atoms with E-state index in [0.29, 0.717) is 31.6 Å². The minimum absolute atomic E-state index is 0.448. The lowest BCUT2D eigenvalue weighted by Gasteiger charge is -2.33. The van der Waals surface area contributed by atoms with Gasteiger partial charge in [-0.15, -0.1) is 0 Å². The molecule has 2 aromatic carbocycles. The van der Waals surface area contributed by atoms with Crippen LogP contribution in [-0.4, -0.2) is 30.2 Å². The van der Waals surface area contributed by atoms with Crippen LogP contribution in [0.4, 0.5) is 0 Å². The zero-order chi connectivity index (χ0) is 18.9. The zero-order valence-corrected chi connectivity index (χ0v) is 15.0. The van der Waals surface area contributed by atoms with E-state index < -0.39 is 17.3 Å². The van der Waals surface area contributed by atoms with Crippen LogP contribution < -0.4 is 5.73 Å². The molecule has 1 aliphatic heterocycles. The van der Waals surface area contributed by atoms with Gasteiger partial charge in [0.2, 0.25) is 5.91 Å². The third-order valence-electron chi connectivity index (χ3n) is 5.46.